The highest BCUT2D eigenvalue weighted by Gasteiger charge is 2.50. The zero-order valence-corrected chi connectivity index (χ0v) is 15.7. The minimum Gasteiger partial charge on any atom is -0.481 e. The van der Waals surface area contributed by atoms with Gasteiger partial charge in [0.1, 0.15) is 0 Å². The fraction of sp³-hybridized carbons (Fsp3) is 0.900. The van der Waals surface area contributed by atoms with Gasteiger partial charge in [-0.3, -0.25) is 9.59 Å². The third kappa shape index (κ3) is 5.22. The van der Waals surface area contributed by atoms with Crippen LogP contribution >= 0.6 is 0 Å². The number of aliphatic carboxylic acids is 2. The van der Waals surface area contributed by atoms with E-state index in [1.54, 1.807) is 0 Å². The second kappa shape index (κ2) is 10.0. The minimum atomic E-state index is -0.756. The van der Waals surface area contributed by atoms with Crippen LogP contribution in [0.4, 0.5) is 0 Å². The van der Waals surface area contributed by atoms with E-state index in [0.717, 1.165) is 51.4 Å². The van der Waals surface area contributed by atoms with E-state index < -0.39 is 17.4 Å². The van der Waals surface area contributed by atoms with Crippen LogP contribution in [-0.2, 0) is 9.59 Å². The number of hydrogen-bond acceptors (Lipinski definition) is 2. The maximum Gasteiger partial charge on any atom is 0.309 e. The summed E-state index contributed by atoms with van der Waals surface area (Å²) in [6.45, 7) is 6.43. The van der Waals surface area contributed by atoms with Crippen molar-refractivity contribution in [1.82, 2.24) is 0 Å². The summed E-state index contributed by atoms with van der Waals surface area (Å²) in [4.78, 5) is 23.7. The van der Waals surface area contributed by atoms with Crippen LogP contribution < -0.4 is 0 Å². The average molecular weight is 341 g/mol. The Morgan fingerprint density at radius 1 is 1.12 bits per heavy atom. The normalized spacial score (nSPS) is 28.5. The molecule has 1 aliphatic carbocycles. The number of carboxylic acids is 2. The Balaban J connectivity index is 3.00. The number of hydrogen-bond donors (Lipinski definition) is 2. The molecule has 0 aliphatic heterocycles. The Morgan fingerprint density at radius 3 is 2.29 bits per heavy atom. The Kier molecular flexibility index (Phi) is 8.79. The SMILES string of the molecule is CCCCC(CC)CC1(C(=O)O)CCC(C(=O)O)CC1CCCC. The van der Waals surface area contributed by atoms with Crippen LogP contribution in [0.5, 0.6) is 0 Å². The largest absolute Gasteiger partial charge is 0.481 e. The highest BCUT2D eigenvalue weighted by molar-refractivity contribution is 5.76. The van der Waals surface area contributed by atoms with Gasteiger partial charge in [-0.2, -0.15) is 0 Å². The highest BCUT2D eigenvalue weighted by Crippen LogP contribution is 2.51. The summed E-state index contributed by atoms with van der Waals surface area (Å²) in [7, 11) is 0. The molecule has 4 unspecified atom stereocenters. The molecule has 0 bridgehead atoms. The number of unbranched alkanes of at least 4 members (excludes halogenated alkanes) is 2. The van der Waals surface area contributed by atoms with E-state index in [0.29, 0.717) is 25.2 Å². The van der Waals surface area contributed by atoms with Gasteiger partial charge in [-0.1, -0.05) is 59.3 Å². The van der Waals surface area contributed by atoms with Crippen molar-refractivity contribution < 1.29 is 19.8 Å². The average Bonchev–Trinajstić information content (AvgIpc) is 2.56. The van der Waals surface area contributed by atoms with E-state index in [-0.39, 0.29) is 11.8 Å². The Hall–Kier alpha value is -1.06. The molecule has 0 heterocycles. The summed E-state index contributed by atoms with van der Waals surface area (Å²) in [5.74, 6) is -1.38. The second-order valence-electron chi connectivity index (χ2n) is 7.73. The molecule has 140 valence electrons. The van der Waals surface area contributed by atoms with Crippen molar-refractivity contribution >= 4 is 11.9 Å². The first-order valence-corrected chi connectivity index (χ1v) is 9.87. The molecule has 24 heavy (non-hydrogen) atoms. The molecule has 4 nitrogen and oxygen atoms in total. The Labute approximate surface area is 147 Å². The first kappa shape index (κ1) is 21.0. The van der Waals surface area contributed by atoms with Crippen LogP contribution in [0.1, 0.15) is 91.4 Å². The lowest BCUT2D eigenvalue weighted by molar-refractivity contribution is -0.162. The van der Waals surface area contributed by atoms with Gasteiger partial charge in [0.05, 0.1) is 11.3 Å². The molecular weight excluding hydrogens is 304 g/mol. The molecular formula is C20H36O4. The third-order valence-corrected chi connectivity index (χ3v) is 6.17. The summed E-state index contributed by atoms with van der Waals surface area (Å²) in [5.41, 5.74) is -0.713. The van der Waals surface area contributed by atoms with Crippen molar-refractivity contribution in [2.45, 2.75) is 91.4 Å². The van der Waals surface area contributed by atoms with Crippen molar-refractivity contribution in [2.75, 3.05) is 0 Å². The first-order chi connectivity index (χ1) is 11.4. The predicted molar refractivity (Wildman–Crippen MR) is 96.0 cm³/mol. The standard InChI is InChI=1S/C20H36O4/c1-4-7-9-15(6-3)14-20(19(23)24)12-11-16(18(21)22)13-17(20)10-8-5-2/h15-17H,4-14H2,1-3H3,(H,21,22)(H,23,24). The minimum absolute atomic E-state index is 0.000441. The van der Waals surface area contributed by atoms with Gasteiger partial charge in [0.2, 0.25) is 0 Å². The summed E-state index contributed by atoms with van der Waals surface area (Å²) in [5, 5.41) is 19.5. The summed E-state index contributed by atoms with van der Waals surface area (Å²) in [6.07, 6.45) is 9.52. The molecule has 0 aromatic carbocycles. The molecule has 0 spiro atoms. The zero-order chi connectivity index (χ0) is 18.2. The molecule has 1 fully saturated rings. The van der Waals surface area contributed by atoms with Gasteiger partial charge in [0.25, 0.3) is 0 Å². The number of carboxylic acid groups (broad SMARTS) is 2. The molecule has 0 aromatic rings. The predicted octanol–water partition coefficient (Wildman–Crippen LogP) is 5.36. The van der Waals surface area contributed by atoms with Gasteiger partial charge < -0.3 is 10.2 Å². The van der Waals surface area contributed by atoms with E-state index in [4.69, 9.17) is 0 Å². The van der Waals surface area contributed by atoms with Crippen molar-refractivity contribution in [3.05, 3.63) is 0 Å². The highest BCUT2D eigenvalue weighted by atomic mass is 16.4. The maximum absolute atomic E-state index is 12.3. The lowest BCUT2D eigenvalue weighted by atomic mass is 9.58. The molecule has 1 aliphatic rings. The van der Waals surface area contributed by atoms with Gasteiger partial charge in [-0.25, -0.2) is 0 Å². The van der Waals surface area contributed by atoms with Crippen LogP contribution in [0.3, 0.4) is 0 Å². The molecule has 2 N–H and O–H groups in total. The molecule has 1 rings (SSSR count). The van der Waals surface area contributed by atoms with E-state index in [1.807, 2.05) is 0 Å². The first-order valence-electron chi connectivity index (χ1n) is 9.87. The van der Waals surface area contributed by atoms with Crippen molar-refractivity contribution in [3.63, 3.8) is 0 Å². The fourth-order valence-corrected chi connectivity index (χ4v) is 4.49. The van der Waals surface area contributed by atoms with Gasteiger partial charge in [-0.15, -0.1) is 0 Å². The van der Waals surface area contributed by atoms with E-state index in [2.05, 4.69) is 20.8 Å². The Morgan fingerprint density at radius 2 is 1.79 bits per heavy atom. The monoisotopic (exact) mass is 340 g/mol. The summed E-state index contributed by atoms with van der Waals surface area (Å²) >= 11 is 0. The van der Waals surface area contributed by atoms with Crippen LogP contribution in [-0.4, -0.2) is 22.2 Å². The van der Waals surface area contributed by atoms with Gasteiger partial charge in [0, 0.05) is 0 Å². The summed E-state index contributed by atoms with van der Waals surface area (Å²) in [6, 6.07) is 0. The lowest BCUT2D eigenvalue weighted by Crippen LogP contribution is -2.45. The Bertz CT molecular complexity index is 406. The van der Waals surface area contributed by atoms with Crippen molar-refractivity contribution in [2.24, 2.45) is 23.2 Å². The lowest BCUT2D eigenvalue weighted by Gasteiger charge is -2.45. The van der Waals surface area contributed by atoms with Crippen molar-refractivity contribution in [1.29, 1.82) is 0 Å². The van der Waals surface area contributed by atoms with Crippen LogP contribution in [0, 0.1) is 23.2 Å². The molecule has 4 heteroatoms. The number of rotatable bonds is 11. The smallest absolute Gasteiger partial charge is 0.309 e. The molecule has 0 amide bonds. The van der Waals surface area contributed by atoms with Crippen LogP contribution in [0.15, 0.2) is 0 Å². The van der Waals surface area contributed by atoms with Crippen LogP contribution in [0.25, 0.3) is 0 Å². The van der Waals surface area contributed by atoms with E-state index in [1.165, 1.54) is 0 Å². The van der Waals surface area contributed by atoms with E-state index in [9.17, 15) is 19.8 Å². The zero-order valence-electron chi connectivity index (χ0n) is 15.7. The second-order valence-corrected chi connectivity index (χ2v) is 7.73. The van der Waals surface area contributed by atoms with Gasteiger partial charge in [-0.05, 0) is 43.9 Å². The molecule has 0 radical (unpaired) electrons. The fourth-order valence-electron chi connectivity index (χ4n) is 4.49. The molecule has 1 saturated carbocycles. The van der Waals surface area contributed by atoms with Crippen LogP contribution in [0.2, 0.25) is 0 Å². The quantitative estimate of drug-likeness (QED) is 0.531. The summed E-state index contributed by atoms with van der Waals surface area (Å²) < 4.78 is 0. The van der Waals surface area contributed by atoms with E-state index >= 15 is 0 Å². The van der Waals surface area contributed by atoms with Gasteiger partial charge in [0.15, 0.2) is 0 Å². The van der Waals surface area contributed by atoms with Gasteiger partial charge >= 0.3 is 11.9 Å². The molecule has 4 atom stereocenters. The maximum atomic E-state index is 12.3. The number of carbonyl (C=O) groups is 2. The molecule has 0 aromatic heterocycles. The van der Waals surface area contributed by atoms with Crippen molar-refractivity contribution in [3.8, 4) is 0 Å². The third-order valence-electron chi connectivity index (χ3n) is 6.17. The molecule has 0 saturated heterocycles. The topological polar surface area (TPSA) is 74.6 Å².